The number of rotatable bonds is 1. The van der Waals surface area contributed by atoms with E-state index >= 15 is 0 Å². The maximum Gasteiger partial charge on any atom is 0.274 e. The van der Waals surface area contributed by atoms with E-state index in [0.717, 1.165) is 56.9 Å². The number of likely N-dealkylation sites (N-methyl/N-ethyl adjacent to an activating group) is 1. The predicted molar refractivity (Wildman–Crippen MR) is 71.8 cm³/mol. The summed E-state index contributed by atoms with van der Waals surface area (Å²) in [7, 11) is 4.02. The molecule has 19 heavy (non-hydrogen) atoms. The van der Waals surface area contributed by atoms with Crippen molar-refractivity contribution in [3.63, 3.8) is 0 Å². The molecule has 0 atom stereocenters. The minimum Gasteiger partial charge on any atom is -0.336 e. The minimum atomic E-state index is 0.0934. The van der Waals surface area contributed by atoms with Gasteiger partial charge in [0.25, 0.3) is 5.91 Å². The molecule has 0 aromatic carbocycles. The van der Waals surface area contributed by atoms with Crippen molar-refractivity contribution in [2.24, 2.45) is 7.05 Å². The second kappa shape index (κ2) is 4.94. The van der Waals surface area contributed by atoms with Gasteiger partial charge in [0.15, 0.2) is 5.69 Å². The summed E-state index contributed by atoms with van der Waals surface area (Å²) in [5, 5.41) is 7.72. The second-order valence-corrected chi connectivity index (χ2v) is 5.45. The third-order valence-electron chi connectivity index (χ3n) is 4.08. The van der Waals surface area contributed by atoms with E-state index in [9.17, 15) is 4.79 Å². The highest BCUT2D eigenvalue weighted by Gasteiger charge is 2.28. The summed E-state index contributed by atoms with van der Waals surface area (Å²) >= 11 is 0. The molecule has 1 amide bonds. The van der Waals surface area contributed by atoms with Gasteiger partial charge in [0.1, 0.15) is 0 Å². The van der Waals surface area contributed by atoms with Crippen molar-refractivity contribution in [2.75, 3.05) is 33.2 Å². The Morgan fingerprint density at radius 3 is 2.84 bits per heavy atom. The molecule has 2 aliphatic heterocycles. The van der Waals surface area contributed by atoms with Gasteiger partial charge < -0.3 is 15.1 Å². The number of hydrogen-bond donors (Lipinski definition) is 1. The maximum absolute atomic E-state index is 12.6. The van der Waals surface area contributed by atoms with Crippen LogP contribution < -0.4 is 5.32 Å². The highest BCUT2D eigenvalue weighted by atomic mass is 16.2. The first-order valence-corrected chi connectivity index (χ1v) is 6.90. The van der Waals surface area contributed by atoms with Crippen molar-refractivity contribution in [1.82, 2.24) is 24.9 Å². The van der Waals surface area contributed by atoms with E-state index < -0.39 is 0 Å². The van der Waals surface area contributed by atoms with Gasteiger partial charge >= 0.3 is 0 Å². The summed E-state index contributed by atoms with van der Waals surface area (Å²) in [6, 6.07) is 0. The lowest BCUT2D eigenvalue weighted by atomic mass is 10.2. The van der Waals surface area contributed by atoms with Crippen LogP contribution in [-0.2, 0) is 20.1 Å². The zero-order chi connectivity index (χ0) is 13.4. The Morgan fingerprint density at radius 1 is 1.16 bits per heavy atom. The Hall–Kier alpha value is -1.40. The zero-order valence-electron chi connectivity index (χ0n) is 11.6. The molecule has 2 aliphatic rings. The fourth-order valence-electron chi connectivity index (χ4n) is 2.89. The van der Waals surface area contributed by atoms with E-state index in [-0.39, 0.29) is 5.91 Å². The summed E-state index contributed by atoms with van der Waals surface area (Å²) < 4.78 is 1.84. The second-order valence-electron chi connectivity index (χ2n) is 5.45. The molecular formula is C13H21N5O. The molecule has 0 unspecified atom stereocenters. The van der Waals surface area contributed by atoms with Gasteiger partial charge in [-0.2, -0.15) is 5.10 Å². The highest BCUT2D eigenvalue weighted by molar-refractivity contribution is 5.94. The van der Waals surface area contributed by atoms with Crippen molar-refractivity contribution < 1.29 is 4.79 Å². The predicted octanol–water partition coefficient (Wildman–Crippen LogP) is -0.199. The van der Waals surface area contributed by atoms with Gasteiger partial charge in [-0.25, -0.2) is 0 Å². The topological polar surface area (TPSA) is 53.4 Å². The Bertz CT molecular complexity index is 495. The molecule has 0 bridgehead atoms. The molecule has 1 fully saturated rings. The van der Waals surface area contributed by atoms with Crippen LogP contribution in [0.3, 0.4) is 0 Å². The Morgan fingerprint density at radius 2 is 2.00 bits per heavy atom. The maximum atomic E-state index is 12.6. The lowest BCUT2D eigenvalue weighted by Crippen LogP contribution is -2.35. The van der Waals surface area contributed by atoms with Crippen LogP contribution in [0.2, 0.25) is 0 Å². The Kier molecular flexibility index (Phi) is 3.28. The van der Waals surface area contributed by atoms with Crippen LogP contribution in [0.5, 0.6) is 0 Å². The first-order valence-electron chi connectivity index (χ1n) is 6.90. The number of carbonyl (C=O) groups is 1. The van der Waals surface area contributed by atoms with Gasteiger partial charge in [0.2, 0.25) is 0 Å². The number of carbonyl (C=O) groups excluding carboxylic acids is 1. The highest BCUT2D eigenvalue weighted by Crippen LogP contribution is 2.20. The Labute approximate surface area is 113 Å². The van der Waals surface area contributed by atoms with Crippen LogP contribution in [0, 0.1) is 0 Å². The lowest BCUT2D eigenvalue weighted by Gasteiger charge is -2.19. The molecule has 1 aromatic rings. The number of aryl methyl sites for hydroxylation is 1. The monoisotopic (exact) mass is 263 g/mol. The van der Waals surface area contributed by atoms with Crippen LogP contribution >= 0.6 is 0 Å². The number of aromatic nitrogens is 2. The molecule has 0 aliphatic carbocycles. The largest absolute Gasteiger partial charge is 0.336 e. The van der Waals surface area contributed by atoms with E-state index in [1.165, 1.54) is 0 Å². The van der Waals surface area contributed by atoms with E-state index in [1.54, 1.807) is 0 Å². The Balaban J connectivity index is 1.82. The third-order valence-corrected chi connectivity index (χ3v) is 4.08. The van der Waals surface area contributed by atoms with Gasteiger partial charge in [-0.3, -0.25) is 9.48 Å². The van der Waals surface area contributed by atoms with Crippen LogP contribution in [0.1, 0.15) is 28.2 Å². The van der Waals surface area contributed by atoms with Crippen LogP contribution in [0.15, 0.2) is 0 Å². The SMILES string of the molecule is CN1CCCN(C(=O)c2nn(C)c3c2CNC3)CC1. The first kappa shape index (κ1) is 12.6. The fraction of sp³-hybridized carbons (Fsp3) is 0.692. The van der Waals surface area contributed by atoms with Crippen LogP contribution in [0.25, 0.3) is 0 Å². The number of hydrogen-bond acceptors (Lipinski definition) is 4. The van der Waals surface area contributed by atoms with Crippen molar-refractivity contribution in [3.8, 4) is 0 Å². The molecule has 104 valence electrons. The van der Waals surface area contributed by atoms with Gasteiger partial charge in [0, 0.05) is 45.3 Å². The third kappa shape index (κ3) is 2.26. The molecule has 1 saturated heterocycles. The molecule has 3 rings (SSSR count). The first-order chi connectivity index (χ1) is 9.16. The molecule has 0 spiro atoms. The van der Waals surface area contributed by atoms with Gasteiger partial charge in [0.05, 0.1) is 5.69 Å². The van der Waals surface area contributed by atoms with E-state index in [0.29, 0.717) is 5.69 Å². The van der Waals surface area contributed by atoms with Crippen molar-refractivity contribution >= 4 is 5.91 Å². The molecule has 6 heteroatoms. The van der Waals surface area contributed by atoms with Crippen molar-refractivity contribution in [2.45, 2.75) is 19.5 Å². The quantitative estimate of drug-likeness (QED) is 0.762. The molecule has 1 N–H and O–H groups in total. The number of amides is 1. The molecular weight excluding hydrogens is 242 g/mol. The summed E-state index contributed by atoms with van der Waals surface area (Å²) in [6.07, 6.45) is 1.04. The average Bonchev–Trinajstić information content (AvgIpc) is 2.90. The average molecular weight is 263 g/mol. The van der Waals surface area contributed by atoms with Crippen LogP contribution in [-0.4, -0.2) is 58.7 Å². The fourth-order valence-corrected chi connectivity index (χ4v) is 2.89. The molecule has 1 aromatic heterocycles. The van der Waals surface area contributed by atoms with Gasteiger partial charge in [-0.1, -0.05) is 0 Å². The van der Waals surface area contributed by atoms with Crippen molar-refractivity contribution in [3.05, 3.63) is 17.0 Å². The van der Waals surface area contributed by atoms with E-state index in [4.69, 9.17) is 0 Å². The van der Waals surface area contributed by atoms with Crippen molar-refractivity contribution in [1.29, 1.82) is 0 Å². The smallest absolute Gasteiger partial charge is 0.274 e. The normalized spacial score (nSPS) is 20.4. The zero-order valence-corrected chi connectivity index (χ0v) is 11.6. The molecule has 6 nitrogen and oxygen atoms in total. The van der Waals surface area contributed by atoms with E-state index in [2.05, 4.69) is 22.4 Å². The van der Waals surface area contributed by atoms with E-state index in [1.807, 2.05) is 16.6 Å². The molecule has 3 heterocycles. The van der Waals surface area contributed by atoms with Gasteiger partial charge in [-0.05, 0) is 20.0 Å². The number of nitrogens with zero attached hydrogens (tertiary/aromatic N) is 4. The summed E-state index contributed by atoms with van der Waals surface area (Å²) in [5.41, 5.74) is 2.88. The summed E-state index contributed by atoms with van der Waals surface area (Å²) in [6.45, 7) is 5.22. The standard InChI is InChI=1S/C13H21N5O/c1-16-4-3-5-18(7-6-16)13(19)12-10-8-14-9-11(10)17(2)15-12/h14H,3-9H2,1-2H3. The lowest BCUT2D eigenvalue weighted by molar-refractivity contribution is 0.0755. The van der Waals surface area contributed by atoms with Crippen LogP contribution in [0.4, 0.5) is 0 Å². The number of fused-ring (bicyclic) bond motifs is 1. The van der Waals surface area contributed by atoms with Gasteiger partial charge in [-0.15, -0.1) is 0 Å². The molecule has 0 saturated carbocycles. The summed E-state index contributed by atoms with van der Waals surface area (Å²) in [5.74, 6) is 0.0934. The minimum absolute atomic E-state index is 0.0934. The number of nitrogens with one attached hydrogen (secondary N) is 1. The molecule has 0 radical (unpaired) electrons. The summed E-state index contributed by atoms with van der Waals surface area (Å²) in [4.78, 5) is 16.9.